The number of furan rings is 1. The van der Waals surface area contributed by atoms with Gasteiger partial charge in [-0.2, -0.15) is 0 Å². The highest BCUT2D eigenvalue weighted by Gasteiger charge is 2.21. The van der Waals surface area contributed by atoms with Gasteiger partial charge < -0.3 is 4.42 Å². The Morgan fingerprint density at radius 2 is 1.55 bits per heavy atom. The molecule has 0 aliphatic carbocycles. The van der Waals surface area contributed by atoms with Gasteiger partial charge in [0, 0.05) is 39.2 Å². The van der Waals surface area contributed by atoms with Crippen molar-refractivity contribution in [2.75, 3.05) is 0 Å². The second-order valence-electron chi connectivity index (χ2n) is 12.8. The summed E-state index contributed by atoms with van der Waals surface area (Å²) < 4.78 is 8.87. The zero-order valence-corrected chi connectivity index (χ0v) is 24.2. The minimum absolute atomic E-state index is 0.0318. The summed E-state index contributed by atoms with van der Waals surface area (Å²) in [7, 11) is 0. The lowest BCUT2D eigenvalue weighted by atomic mass is 9.82. The monoisotopic (exact) mass is 517 g/mol. The van der Waals surface area contributed by atoms with Crippen LogP contribution in [0.3, 0.4) is 0 Å². The predicted molar refractivity (Wildman–Crippen MR) is 164 cm³/mol. The highest BCUT2D eigenvalue weighted by Crippen LogP contribution is 2.44. The zero-order chi connectivity index (χ0) is 26.8. The van der Waals surface area contributed by atoms with E-state index in [1.807, 2.05) is 17.5 Å². The Bertz CT molecular complexity index is 1820. The Labute approximate surface area is 229 Å². The molecule has 2 nitrogen and oxygen atoms in total. The first-order valence-corrected chi connectivity index (χ1v) is 14.2. The van der Waals surface area contributed by atoms with Crippen LogP contribution in [0.2, 0.25) is 0 Å². The van der Waals surface area contributed by atoms with Gasteiger partial charge in [-0.15, -0.1) is 11.3 Å². The number of aromatic nitrogens is 1. The van der Waals surface area contributed by atoms with E-state index in [1.165, 1.54) is 53.2 Å². The number of nitrogens with zero attached hydrogens (tertiary/aromatic N) is 1. The summed E-state index contributed by atoms with van der Waals surface area (Å²) in [6, 6.07) is 24.3. The van der Waals surface area contributed by atoms with E-state index < -0.39 is 0 Å². The van der Waals surface area contributed by atoms with Crippen molar-refractivity contribution in [3.8, 4) is 22.6 Å². The maximum Gasteiger partial charge on any atom is 0.134 e. The Morgan fingerprint density at radius 1 is 0.789 bits per heavy atom. The van der Waals surface area contributed by atoms with Crippen LogP contribution in [0.25, 0.3) is 53.5 Å². The van der Waals surface area contributed by atoms with Crippen molar-refractivity contribution in [2.45, 2.75) is 60.3 Å². The first-order valence-electron chi connectivity index (χ1n) is 13.4. The molecule has 0 spiro atoms. The molecular formula is C35H35NOS. The number of fused-ring (bicyclic) bond motifs is 4. The molecule has 0 bridgehead atoms. The highest BCUT2D eigenvalue weighted by molar-refractivity contribution is 7.26. The summed E-state index contributed by atoms with van der Waals surface area (Å²) in [6.07, 6.45) is 2.89. The molecule has 38 heavy (non-hydrogen) atoms. The minimum Gasteiger partial charge on any atom is -0.461 e. The zero-order valence-electron chi connectivity index (χ0n) is 23.4. The van der Waals surface area contributed by atoms with Crippen molar-refractivity contribution in [2.24, 2.45) is 5.41 Å². The summed E-state index contributed by atoms with van der Waals surface area (Å²) in [4.78, 5) is 4.94. The molecule has 0 fully saturated rings. The van der Waals surface area contributed by atoms with Gasteiger partial charge in [-0.25, -0.2) is 0 Å². The maximum atomic E-state index is 6.32. The molecule has 3 aromatic heterocycles. The average Bonchev–Trinajstić information content (AvgIpc) is 3.46. The van der Waals surface area contributed by atoms with Crippen LogP contribution in [0.1, 0.15) is 58.4 Å². The molecule has 0 radical (unpaired) electrons. The quantitative estimate of drug-likeness (QED) is 0.233. The number of hydrogen-bond acceptors (Lipinski definition) is 3. The fourth-order valence-electron chi connectivity index (χ4n) is 5.58. The molecule has 0 amide bonds. The molecule has 0 aliphatic rings. The third-order valence-electron chi connectivity index (χ3n) is 7.38. The number of pyridine rings is 1. The summed E-state index contributed by atoms with van der Waals surface area (Å²) in [6.45, 7) is 15.8. The lowest BCUT2D eigenvalue weighted by Crippen LogP contribution is -2.12. The normalized spacial score (nSPS) is 12.7. The van der Waals surface area contributed by atoms with Crippen molar-refractivity contribution < 1.29 is 4.42 Å². The van der Waals surface area contributed by atoms with Crippen molar-refractivity contribution in [3.63, 3.8) is 0 Å². The molecule has 6 aromatic rings. The van der Waals surface area contributed by atoms with Crippen molar-refractivity contribution >= 4 is 42.3 Å². The largest absolute Gasteiger partial charge is 0.461 e. The fraction of sp³-hybridized carbons (Fsp3) is 0.286. The standard InChI is InChI=1S/C35H35NOS/c1-21-25(30-15-12-24(37-30)20-34(2,3)4)13-14-27-28-16-17-36-31(33(28)38-32(21)27)23-18-22-10-8-9-11-26(22)29(19-23)35(5,6)7/h8-19H,20H2,1-7H3. The number of aryl methyl sites for hydroxylation is 1. The van der Waals surface area contributed by atoms with Gasteiger partial charge in [0.2, 0.25) is 0 Å². The van der Waals surface area contributed by atoms with Gasteiger partial charge in [0.1, 0.15) is 11.5 Å². The Morgan fingerprint density at radius 3 is 2.32 bits per heavy atom. The lowest BCUT2D eigenvalue weighted by Gasteiger charge is -2.22. The molecule has 0 N–H and O–H groups in total. The SMILES string of the molecule is Cc1c(-c2ccc(CC(C)(C)C)o2)ccc2c1sc1c(-c3cc(C(C)(C)C)c4ccccc4c3)nccc12. The third-order valence-corrected chi connectivity index (χ3v) is 8.73. The van der Waals surface area contributed by atoms with Crippen molar-refractivity contribution in [3.05, 3.63) is 89.8 Å². The van der Waals surface area contributed by atoms with Crippen LogP contribution in [0.15, 0.2) is 77.3 Å². The summed E-state index contributed by atoms with van der Waals surface area (Å²) in [5.74, 6) is 1.99. The van der Waals surface area contributed by atoms with Gasteiger partial charge >= 0.3 is 0 Å². The first kappa shape index (κ1) is 24.9. The summed E-state index contributed by atoms with van der Waals surface area (Å²) in [5, 5.41) is 5.13. The van der Waals surface area contributed by atoms with Gasteiger partial charge in [-0.1, -0.05) is 77.9 Å². The minimum atomic E-state index is 0.0318. The molecule has 0 atom stereocenters. The molecule has 0 saturated carbocycles. The molecule has 6 rings (SSSR count). The van der Waals surface area contributed by atoms with Crippen molar-refractivity contribution in [1.82, 2.24) is 4.98 Å². The van der Waals surface area contributed by atoms with Crippen LogP contribution < -0.4 is 0 Å². The molecule has 0 aliphatic heterocycles. The van der Waals surface area contributed by atoms with E-state index in [9.17, 15) is 0 Å². The number of hydrogen-bond donors (Lipinski definition) is 0. The average molecular weight is 518 g/mol. The second-order valence-corrected chi connectivity index (χ2v) is 13.8. The maximum absolute atomic E-state index is 6.32. The molecule has 192 valence electrons. The smallest absolute Gasteiger partial charge is 0.134 e. The van der Waals surface area contributed by atoms with E-state index >= 15 is 0 Å². The van der Waals surface area contributed by atoms with Crippen LogP contribution >= 0.6 is 11.3 Å². The van der Waals surface area contributed by atoms with E-state index in [0.29, 0.717) is 0 Å². The molecule has 3 heterocycles. The third kappa shape index (κ3) is 4.33. The highest BCUT2D eigenvalue weighted by atomic mass is 32.1. The molecule has 0 unspecified atom stereocenters. The molecule has 3 aromatic carbocycles. The number of benzene rings is 3. The van der Waals surface area contributed by atoms with Crippen LogP contribution in [-0.2, 0) is 11.8 Å². The molecule has 3 heteroatoms. The van der Waals surface area contributed by atoms with Crippen LogP contribution in [0.4, 0.5) is 0 Å². The van der Waals surface area contributed by atoms with E-state index in [0.717, 1.165) is 23.6 Å². The van der Waals surface area contributed by atoms with E-state index in [-0.39, 0.29) is 10.8 Å². The van der Waals surface area contributed by atoms with E-state index in [2.05, 4.69) is 115 Å². The van der Waals surface area contributed by atoms with Crippen LogP contribution in [0.5, 0.6) is 0 Å². The Balaban J connectivity index is 1.53. The lowest BCUT2D eigenvalue weighted by molar-refractivity contribution is 0.366. The summed E-state index contributed by atoms with van der Waals surface area (Å²) >= 11 is 1.85. The number of thiophene rings is 1. The van der Waals surface area contributed by atoms with E-state index in [1.54, 1.807) is 0 Å². The topological polar surface area (TPSA) is 26.0 Å². The van der Waals surface area contributed by atoms with Crippen molar-refractivity contribution in [1.29, 1.82) is 0 Å². The molecule has 0 saturated heterocycles. The Kier molecular flexibility index (Phi) is 5.77. The second kappa shape index (κ2) is 8.81. The fourth-order valence-corrected chi connectivity index (χ4v) is 6.89. The van der Waals surface area contributed by atoms with E-state index in [4.69, 9.17) is 9.40 Å². The van der Waals surface area contributed by atoms with Crippen LogP contribution in [0, 0.1) is 12.3 Å². The van der Waals surface area contributed by atoms with Gasteiger partial charge in [-0.3, -0.25) is 4.98 Å². The first-order chi connectivity index (χ1) is 18.0. The summed E-state index contributed by atoms with van der Waals surface area (Å²) in [5.41, 5.74) is 6.25. The van der Waals surface area contributed by atoms with Gasteiger partial charge in [0.15, 0.2) is 0 Å². The molecular weight excluding hydrogens is 482 g/mol. The van der Waals surface area contributed by atoms with Crippen LogP contribution in [-0.4, -0.2) is 4.98 Å². The number of rotatable bonds is 3. The predicted octanol–water partition coefficient (Wildman–Crippen LogP) is 10.7. The van der Waals surface area contributed by atoms with Gasteiger partial charge in [0.05, 0.1) is 10.4 Å². The Hall–Kier alpha value is -3.43. The van der Waals surface area contributed by atoms with Gasteiger partial charge in [-0.05, 0) is 70.0 Å². The van der Waals surface area contributed by atoms with Gasteiger partial charge in [0.25, 0.3) is 0 Å².